The van der Waals surface area contributed by atoms with Gasteiger partial charge in [0.2, 0.25) is 0 Å². The van der Waals surface area contributed by atoms with Crippen LogP contribution in [0.3, 0.4) is 0 Å². The van der Waals surface area contributed by atoms with Crippen LogP contribution in [0, 0.1) is 23.6 Å². The molecule has 3 nitrogen and oxygen atoms in total. The van der Waals surface area contributed by atoms with Crippen molar-refractivity contribution < 1.29 is 13.9 Å². The minimum absolute atomic E-state index is 0.0253. The highest BCUT2D eigenvalue weighted by Crippen LogP contribution is 2.55. The number of rotatable bonds is 6. The lowest BCUT2D eigenvalue weighted by molar-refractivity contribution is -0.0167. The van der Waals surface area contributed by atoms with Crippen LogP contribution in [-0.2, 0) is 0 Å². The summed E-state index contributed by atoms with van der Waals surface area (Å²) < 4.78 is 21.5. The van der Waals surface area contributed by atoms with E-state index in [1.54, 1.807) is 36.4 Å². The maximum Gasteiger partial charge on any atom is 0.251 e. The van der Waals surface area contributed by atoms with E-state index in [1.165, 1.54) is 31.4 Å². The number of halogens is 4. The second-order valence-corrected chi connectivity index (χ2v) is 12.3. The summed E-state index contributed by atoms with van der Waals surface area (Å²) in [4.78, 5) is 13.2. The number of hydrogen-bond donors (Lipinski definition) is 1. The molecule has 37 heavy (non-hydrogen) atoms. The topological polar surface area (TPSA) is 38.3 Å². The first kappa shape index (κ1) is 25.0. The summed E-state index contributed by atoms with van der Waals surface area (Å²) in [6.45, 7) is 0. The van der Waals surface area contributed by atoms with Crippen molar-refractivity contribution in [1.82, 2.24) is 5.32 Å². The number of amides is 1. The number of ether oxygens (including phenoxy) is 1. The van der Waals surface area contributed by atoms with Crippen LogP contribution in [0.1, 0.15) is 66.1 Å². The van der Waals surface area contributed by atoms with E-state index >= 15 is 4.39 Å². The molecule has 7 heteroatoms. The zero-order valence-corrected chi connectivity index (χ0v) is 22.4. The molecular weight excluding hydrogens is 532 g/mol. The van der Waals surface area contributed by atoms with Gasteiger partial charge in [-0.3, -0.25) is 4.79 Å². The van der Waals surface area contributed by atoms with Gasteiger partial charge < -0.3 is 10.1 Å². The Balaban J connectivity index is 1.24. The maximum absolute atomic E-state index is 15.3. The van der Waals surface area contributed by atoms with Crippen molar-refractivity contribution >= 4 is 40.7 Å². The molecule has 4 aliphatic carbocycles. The highest BCUT2D eigenvalue weighted by atomic mass is 35.5. The number of hydrogen-bond acceptors (Lipinski definition) is 2. The second kappa shape index (κ2) is 9.80. The first-order valence-electron chi connectivity index (χ1n) is 12.8. The van der Waals surface area contributed by atoms with Crippen molar-refractivity contribution in [2.24, 2.45) is 17.8 Å². The fraction of sp³-hybridized carbons (Fsp3) is 0.367. The molecule has 1 N–H and O–H groups in total. The standard InChI is InChI=1S/C30H27Cl3FNO2/c31-22-4-1-20(2-5-22)28(24-7-6-23(32)13-25(24)33)37-27-8-3-21(12-26(27)34)29(36)35-30-14-17-9-18(15-30)11-19(10-17)16-30/h1-8,12-13,17-19,28H,9-11,14-16H2,(H,35,36). The fourth-order valence-corrected chi connectivity index (χ4v) is 7.74. The van der Waals surface area contributed by atoms with Gasteiger partial charge >= 0.3 is 0 Å². The zero-order valence-electron chi connectivity index (χ0n) is 20.2. The van der Waals surface area contributed by atoms with Crippen LogP contribution >= 0.6 is 34.8 Å². The summed E-state index contributed by atoms with van der Waals surface area (Å²) in [7, 11) is 0. The molecule has 4 aliphatic rings. The lowest BCUT2D eigenvalue weighted by atomic mass is 9.53. The summed E-state index contributed by atoms with van der Waals surface area (Å²) in [6.07, 6.45) is 6.30. The Labute approximate surface area is 231 Å². The molecule has 3 aromatic carbocycles. The highest BCUT2D eigenvalue weighted by molar-refractivity contribution is 6.35. The molecule has 1 unspecified atom stereocenters. The Kier molecular flexibility index (Phi) is 6.63. The average molecular weight is 559 g/mol. The zero-order chi connectivity index (χ0) is 25.7. The Morgan fingerprint density at radius 2 is 1.49 bits per heavy atom. The summed E-state index contributed by atoms with van der Waals surface area (Å²) >= 11 is 18.7. The van der Waals surface area contributed by atoms with Gasteiger partial charge in [-0.25, -0.2) is 4.39 Å². The molecule has 1 amide bonds. The normalized spacial score (nSPS) is 26.6. The van der Waals surface area contributed by atoms with E-state index in [2.05, 4.69) is 5.32 Å². The third-order valence-electron chi connectivity index (χ3n) is 8.27. The van der Waals surface area contributed by atoms with Crippen molar-refractivity contribution in [3.63, 3.8) is 0 Å². The van der Waals surface area contributed by atoms with E-state index < -0.39 is 11.9 Å². The van der Waals surface area contributed by atoms with Gasteiger partial charge in [-0.2, -0.15) is 0 Å². The smallest absolute Gasteiger partial charge is 0.251 e. The van der Waals surface area contributed by atoms with E-state index in [1.807, 2.05) is 12.1 Å². The molecule has 0 aromatic heterocycles. The Morgan fingerprint density at radius 1 is 0.865 bits per heavy atom. The molecule has 4 fully saturated rings. The Morgan fingerprint density at radius 3 is 2.08 bits per heavy atom. The minimum Gasteiger partial charge on any atom is -0.478 e. The third kappa shape index (κ3) is 5.08. The fourth-order valence-electron chi connectivity index (χ4n) is 7.10. The van der Waals surface area contributed by atoms with E-state index in [0.29, 0.717) is 43.9 Å². The highest BCUT2D eigenvalue weighted by Gasteiger charge is 2.51. The van der Waals surface area contributed by atoms with E-state index in [-0.39, 0.29) is 17.2 Å². The summed E-state index contributed by atoms with van der Waals surface area (Å²) in [5.41, 5.74) is 1.55. The van der Waals surface area contributed by atoms with Gasteiger partial charge in [-0.05, 0) is 104 Å². The van der Waals surface area contributed by atoms with Gasteiger partial charge in [0.1, 0.15) is 0 Å². The molecule has 192 valence electrons. The van der Waals surface area contributed by atoms with Gasteiger partial charge in [0.05, 0.1) is 0 Å². The quantitative estimate of drug-likeness (QED) is 0.329. The van der Waals surface area contributed by atoms with Crippen LogP contribution in [-0.4, -0.2) is 11.4 Å². The van der Waals surface area contributed by atoms with Crippen LogP contribution in [0.4, 0.5) is 4.39 Å². The molecule has 0 heterocycles. The van der Waals surface area contributed by atoms with E-state index in [0.717, 1.165) is 24.8 Å². The lowest BCUT2D eigenvalue weighted by Gasteiger charge is -2.56. The molecule has 0 saturated heterocycles. The van der Waals surface area contributed by atoms with Crippen LogP contribution < -0.4 is 10.1 Å². The number of carbonyl (C=O) groups excluding carboxylic acids is 1. The monoisotopic (exact) mass is 557 g/mol. The van der Waals surface area contributed by atoms with Gasteiger partial charge in [0.25, 0.3) is 5.91 Å². The molecule has 1 atom stereocenters. The molecule has 4 saturated carbocycles. The van der Waals surface area contributed by atoms with E-state index in [9.17, 15) is 4.79 Å². The molecule has 3 aromatic rings. The van der Waals surface area contributed by atoms with Crippen LogP contribution in [0.25, 0.3) is 0 Å². The van der Waals surface area contributed by atoms with Gasteiger partial charge in [0.15, 0.2) is 17.7 Å². The third-order valence-corrected chi connectivity index (χ3v) is 9.09. The Bertz CT molecular complexity index is 1310. The van der Waals surface area contributed by atoms with Crippen molar-refractivity contribution in [2.75, 3.05) is 0 Å². The summed E-state index contributed by atoms with van der Waals surface area (Å²) in [6, 6.07) is 16.6. The average Bonchev–Trinajstić information content (AvgIpc) is 2.83. The Hall–Kier alpha value is -2.27. The molecular formula is C30H27Cl3FNO2. The molecule has 0 aliphatic heterocycles. The number of nitrogens with one attached hydrogen (secondary N) is 1. The first-order chi connectivity index (χ1) is 17.8. The van der Waals surface area contributed by atoms with Crippen molar-refractivity contribution in [3.05, 3.63) is 98.2 Å². The molecule has 4 bridgehead atoms. The minimum atomic E-state index is -0.705. The van der Waals surface area contributed by atoms with Crippen molar-refractivity contribution in [3.8, 4) is 5.75 Å². The van der Waals surface area contributed by atoms with E-state index in [4.69, 9.17) is 39.5 Å². The maximum atomic E-state index is 15.3. The molecule has 7 rings (SSSR count). The summed E-state index contributed by atoms with van der Waals surface area (Å²) in [5, 5.41) is 4.78. The van der Waals surface area contributed by atoms with Crippen LogP contribution in [0.5, 0.6) is 5.75 Å². The number of carbonyl (C=O) groups is 1. The van der Waals surface area contributed by atoms with Crippen LogP contribution in [0.2, 0.25) is 15.1 Å². The van der Waals surface area contributed by atoms with Gasteiger partial charge in [-0.1, -0.05) is 53.0 Å². The molecule has 0 spiro atoms. The van der Waals surface area contributed by atoms with Gasteiger partial charge in [-0.15, -0.1) is 0 Å². The van der Waals surface area contributed by atoms with Crippen molar-refractivity contribution in [1.29, 1.82) is 0 Å². The second-order valence-electron chi connectivity index (χ2n) is 11.0. The first-order valence-corrected chi connectivity index (χ1v) is 13.9. The SMILES string of the molecule is O=C(NC12CC3CC(CC(C3)C1)C2)c1ccc(OC(c2ccc(Cl)cc2)c2ccc(Cl)cc2Cl)c(F)c1. The lowest BCUT2D eigenvalue weighted by Crippen LogP contribution is -2.59. The molecule has 0 radical (unpaired) electrons. The predicted octanol–water partition coefficient (Wildman–Crippen LogP) is 8.65. The van der Waals surface area contributed by atoms with Gasteiger partial charge in [0, 0.05) is 31.7 Å². The summed E-state index contributed by atoms with van der Waals surface area (Å²) in [5.74, 6) is 1.33. The number of benzene rings is 3. The largest absolute Gasteiger partial charge is 0.478 e. The van der Waals surface area contributed by atoms with Crippen molar-refractivity contribution in [2.45, 2.75) is 50.2 Å². The van der Waals surface area contributed by atoms with Crippen LogP contribution in [0.15, 0.2) is 60.7 Å². The predicted molar refractivity (Wildman–Crippen MR) is 145 cm³/mol.